The minimum absolute atomic E-state index is 0.0967. The van der Waals surface area contributed by atoms with Crippen LogP contribution in [0.15, 0.2) is 0 Å². The standard InChI is InChI=1S/C13H27N3O3/c1-10(5-6-12(17)18)7-8-14-13(19)15-11(2)9-16(3)4/h10-11H,5-9H2,1-4H3,(H,17,18)(H2,14,15,19). The molecule has 0 radical (unpaired) electrons. The lowest BCUT2D eigenvalue weighted by Crippen LogP contribution is -2.45. The molecule has 2 amide bonds. The largest absolute Gasteiger partial charge is 0.481 e. The summed E-state index contributed by atoms with van der Waals surface area (Å²) in [5.41, 5.74) is 0. The molecule has 6 heteroatoms. The van der Waals surface area contributed by atoms with Gasteiger partial charge in [-0.25, -0.2) is 4.79 Å². The predicted molar refractivity (Wildman–Crippen MR) is 75.2 cm³/mol. The van der Waals surface area contributed by atoms with Gasteiger partial charge in [-0.1, -0.05) is 6.92 Å². The van der Waals surface area contributed by atoms with Crippen molar-refractivity contribution >= 4 is 12.0 Å². The second kappa shape index (κ2) is 9.61. The van der Waals surface area contributed by atoms with Gasteiger partial charge in [-0.3, -0.25) is 4.79 Å². The van der Waals surface area contributed by atoms with Crippen LogP contribution in [0.1, 0.15) is 33.1 Å². The van der Waals surface area contributed by atoms with Crippen molar-refractivity contribution in [3.05, 3.63) is 0 Å². The van der Waals surface area contributed by atoms with Crippen LogP contribution in [-0.4, -0.2) is 55.2 Å². The van der Waals surface area contributed by atoms with Crippen LogP contribution in [0.2, 0.25) is 0 Å². The number of nitrogens with zero attached hydrogens (tertiary/aromatic N) is 1. The van der Waals surface area contributed by atoms with Crippen LogP contribution in [0.5, 0.6) is 0 Å². The summed E-state index contributed by atoms with van der Waals surface area (Å²) in [6.07, 6.45) is 1.63. The molecular formula is C13H27N3O3. The van der Waals surface area contributed by atoms with Gasteiger partial charge in [0, 0.05) is 25.6 Å². The normalized spacial score (nSPS) is 13.9. The second-order valence-electron chi connectivity index (χ2n) is 5.39. The van der Waals surface area contributed by atoms with E-state index in [2.05, 4.69) is 10.6 Å². The van der Waals surface area contributed by atoms with Gasteiger partial charge in [0.15, 0.2) is 0 Å². The van der Waals surface area contributed by atoms with Gasteiger partial charge in [0.1, 0.15) is 0 Å². The van der Waals surface area contributed by atoms with E-state index >= 15 is 0 Å². The number of likely N-dealkylation sites (N-methyl/N-ethyl adjacent to an activating group) is 1. The molecular weight excluding hydrogens is 246 g/mol. The van der Waals surface area contributed by atoms with E-state index in [-0.39, 0.29) is 18.5 Å². The molecule has 0 aromatic carbocycles. The molecule has 0 aliphatic carbocycles. The summed E-state index contributed by atoms with van der Waals surface area (Å²) in [5, 5.41) is 14.2. The van der Waals surface area contributed by atoms with Crippen molar-refractivity contribution in [2.75, 3.05) is 27.2 Å². The summed E-state index contributed by atoms with van der Waals surface area (Å²) >= 11 is 0. The van der Waals surface area contributed by atoms with Crippen LogP contribution < -0.4 is 10.6 Å². The van der Waals surface area contributed by atoms with Gasteiger partial charge in [-0.2, -0.15) is 0 Å². The highest BCUT2D eigenvalue weighted by atomic mass is 16.4. The van der Waals surface area contributed by atoms with Gasteiger partial charge in [0.25, 0.3) is 0 Å². The maximum Gasteiger partial charge on any atom is 0.315 e. The zero-order chi connectivity index (χ0) is 14.8. The molecule has 0 aromatic rings. The number of amides is 2. The SMILES string of the molecule is CC(CCNC(=O)NC(C)CN(C)C)CCC(=O)O. The van der Waals surface area contributed by atoms with E-state index in [4.69, 9.17) is 5.11 Å². The highest BCUT2D eigenvalue weighted by Gasteiger charge is 2.09. The van der Waals surface area contributed by atoms with Crippen molar-refractivity contribution in [2.45, 2.75) is 39.2 Å². The number of hydrogen-bond acceptors (Lipinski definition) is 3. The van der Waals surface area contributed by atoms with Gasteiger partial charge < -0.3 is 20.6 Å². The van der Waals surface area contributed by atoms with Crippen LogP contribution in [0.25, 0.3) is 0 Å². The zero-order valence-corrected chi connectivity index (χ0v) is 12.4. The van der Waals surface area contributed by atoms with Gasteiger partial charge >= 0.3 is 12.0 Å². The van der Waals surface area contributed by atoms with Gasteiger partial charge in [-0.05, 0) is 39.8 Å². The fourth-order valence-corrected chi connectivity index (χ4v) is 1.81. The maximum atomic E-state index is 11.5. The number of carbonyl (C=O) groups excluding carboxylic acids is 1. The molecule has 0 spiro atoms. The Morgan fingerprint density at radius 1 is 1.21 bits per heavy atom. The van der Waals surface area contributed by atoms with Crippen LogP contribution in [0, 0.1) is 5.92 Å². The molecule has 6 nitrogen and oxygen atoms in total. The predicted octanol–water partition coefficient (Wildman–Crippen LogP) is 1.13. The van der Waals surface area contributed by atoms with Crippen LogP contribution >= 0.6 is 0 Å². The molecule has 0 rings (SSSR count). The quantitative estimate of drug-likeness (QED) is 0.588. The Hall–Kier alpha value is -1.30. The van der Waals surface area contributed by atoms with E-state index in [0.29, 0.717) is 18.9 Å². The minimum Gasteiger partial charge on any atom is -0.481 e. The van der Waals surface area contributed by atoms with Crippen molar-refractivity contribution in [3.8, 4) is 0 Å². The summed E-state index contributed by atoms with van der Waals surface area (Å²) in [4.78, 5) is 24.0. The average molecular weight is 273 g/mol. The molecule has 0 saturated carbocycles. The molecule has 3 N–H and O–H groups in total. The molecule has 0 aromatic heterocycles. The molecule has 2 unspecified atom stereocenters. The first kappa shape index (κ1) is 17.7. The number of carbonyl (C=O) groups is 2. The Morgan fingerprint density at radius 3 is 2.37 bits per heavy atom. The lowest BCUT2D eigenvalue weighted by atomic mass is 10.0. The van der Waals surface area contributed by atoms with E-state index < -0.39 is 5.97 Å². The monoisotopic (exact) mass is 273 g/mol. The van der Waals surface area contributed by atoms with Gasteiger partial charge in [-0.15, -0.1) is 0 Å². The lowest BCUT2D eigenvalue weighted by Gasteiger charge is -2.19. The van der Waals surface area contributed by atoms with Crippen molar-refractivity contribution in [1.82, 2.24) is 15.5 Å². The molecule has 0 saturated heterocycles. The Bertz CT molecular complexity index is 282. The summed E-state index contributed by atoms with van der Waals surface area (Å²) < 4.78 is 0. The fourth-order valence-electron chi connectivity index (χ4n) is 1.81. The Labute approximate surface area is 115 Å². The molecule has 0 heterocycles. The average Bonchev–Trinajstić information content (AvgIpc) is 2.24. The molecule has 112 valence electrons. The number of nitrogens with one attached hydrogen (secondary N) is 2. The Balaban J connectivity index is 3.65. The topological polar surface area (TPSA) is 81.7 Å². The highest BCUT2D eigenvalue weighted by Crippen LogP contribution is 2.08. The first-order chi connectivity index (χ1) is 8.81. The highest BCUT2D eigenvalue weighted by molar-refractivity contribution is 5.74. The minimum atomic E-state index is -0.768. The van der Waals surface area contributed by atoms with E-state index in [9.17, 15) is 9.59 Å². The van der Waals surface area contributed by atoms with Crippen LogP contribution in [-0.2, 0) is 4.79 Å². The number of urea groups is 1. The second-order valence-corrected chi connectivity index (χ2v) is 5.39. The molecule has 19 heavy (non-hydrogen) atoms. The molecule has 0 aliphatic heterocycles. The first-order valence-electron chi connectivity index (χ1n) is 6.72. The van der Waals surface area contributed by atoms with Crippen molar-refractivity contribution in [1.29, 1.82) is 0 Å². The van der Waals surface area contributed by atoms with Crippen LogP contribution in [0.4, 0.5) is 4.79 Å². The van der Waals surface area contributed by atoms with Gasteiger partial charge in [0.05, 0.1) is 0 Å². The Kier molecular flexibility index (Phi) is 8.95. The maximum absolute atomic E-state index is 11.5. The number of rotatable bonds is 9. The number of carboxylic acids is 1. The molecule has 2 atom stereocenters. The van der Waals surface area contributed by atoms with Crippen molar-refractivity contribution in [3.63, 3.8) is 0 Å². The first-order valence-corrected chi connectivity index (χ1v) is 6.72. The van der Waals surface area contributed by atoms with E-state index in [0.717, 1.165) is 13.0 Å². The zero-order valence-electron chi connectivity index (χ0n) is 12.4. The van der Waals surface area contributed by atoms with Gasteiger partial charge in [0.2, 0.25) is 0 Å². The van der Waals surface area contributed by atoms with Crippen molar-refractivity contribution < 1.29 is 14.7 Å². The molecule has 0 fully saturated rings. The molecule has 0 aliphatic rings. The van der Waals surface area contributed by atoms with E-state index in [1.165, 1.54) is 0 Å². The third-order valence-corrected chi connectivity index (χ3v) is 2.79. The van der Waals surface area contributed by atoms with Crippen LogP contribution in [0.3, 0.4) is 0 Å². The van der Waals surface area contributed by atoms with Crippen molar-refractivity contribution in [2.24, 2.45) is 5.92 Å². The van der Waals surface area contributed by atoms with E-state index in [1.807, 2.05) is 32.8 Å². The third kappa shape index (κ3) is 11.5. The summed E-state index contributed by atoms with van der Waals surface area (Å²) in [5.74, 6) is -0.467. The number of hydrogen-bond donors (Lipinski definition) is 3. The number of aliphatic carboxylic acids is 1. The summed E-state index contributed by atoms with van der Waals surface area (Å²) in [7, 11) is 3.92. The smallest absolute Gasteiger partial charge is 0.315 e. The third-order valence-electron chi connectivity index (χ3n) is 2.79. The lowest BCUT2D eigenvalue weighted by molar-refractivity contribution is -0.137. The summed E-state index contributed by atoms with van der Waals surface area (Å²) in [6.45, 7) is 5.32. The molecule has 0 bridgehead atoms. The summed E-state index contributed by atoms with van der Waals surface area (Å²) in [6, 6.07) is -0.0702. The fraction of sp³-hybridized carbons (Fsp3) is 0.846. The number of carboxylic acid groups (broad SMARTS) is 1. The van der Waals surface area contributed by atoms with E-state index in [1.54, 1.807) is 0 Å². The Morgan fingerprint density at radius 2 is 1.84 bits per heavy atom.